The Morgan fingerprint density at radius 3 is 1.79 bits per heavy atom. The Balaban J connectivity index is 1.04. The molecule has 4 aromatic rings. The van der Waals surface area contributed by atoms with E-state index in [0.29, 0.717) is 64.1 Å². The predicted molar refractivity (Wildman–Crippen MR) is 250 cm³/mol. The van der Waals surface area contributed by atoms with E-state index in [-0.39, 0.29) is 19.3 Å². The molecular formula is C52H66N2O12+2. The fourth-order valence-electron chi connectivity index (χ4n) is 9.73. The van der Waals surface area contributed by atoms with Crippen LogP contribution in [-0.4, -0.2) is 131 Å². The van der Waals surface area contributed by atoms with Crippen molar-refractivity contribution in [1.82, 2.24) is 0 Å². The van der Waals surface area contributed by atoms with Crippen molar-refractivity contribution >= 4 is 11.9 Å². The lowest BCUT2D eigenvalue weighted by Gasteiger charge is -2.46. The molecule has 0 radical (unpaired) electrons. The first-order chi connectivity index (χ1) is 31.8. The third kappa shape index (κ3) is 10.7. The predicted octanol–water partition coefficient (Wildman–Crippen LogP) is 7.09. The fraction of sp³-hybridized carbons (Fsp3) is 0.462. The first-order valence-corrected chi connectivity index (χ1v) is 22.3. The van der Waals surface area contributed by atoms with Gasteiger partial charge in [-0.05, 0) is 65.1 Å². The Morgan fingerprint density at radius 1 is 0.606 bits per heavy atom. The van der Waals surface area contributed by atoms with Crippen LogP contribution in [0.2, 0.25) is 0 Å². The molecule has 2 aliphatic heterocycles. The Labute approximate surface area is 389 Å². The number of esters is 2. The largest absolute Gasteiger partial charge is 0.496 e. The number of hydrogen-bond acceptors (Lipinski definition) is 12. The SMILES string of the molecule is COc1ccc(CC2c3c(cc(OC)c(OC)c3OC)CC[N+]2(C)CCCOC(=O)C#CC(=O)OCCC[N+]2(C)CCc3cc(OC)c(OC)c(-c4ccc(OC)c(OC)c4)c3C2)cc1C. The van der Waals surface area contributed by atoms with Gasteiger partial charge in [-0.1, -0.05) is 18.2 Å². The van der Waals surface area contributed by atoms with Crippen LogP contribution in [0.4, 0.5) is 0 Å². The van der Waals surface area contributed by atoms with Crippen molar-refractivity contribution in [2.45, 2.75) is 51.6 Å². The number of benzene rings is 4. The summed E-state index contributed by atoms with van der Waals surface area (Å²) in [5.74, 6) is 8.35. The van der Waals surface area contributed by atoms with E-state index in [4.69, 9.17) is 47.4 Å². The van der Waals surface area contributed by atoms with Gasteiger partial charge in [-0.15, -0.1) is 0 Å². The standard InChI is InChI=1S/C52H66N2O12/c1-34-28-35(14-16-41(34)57-4)29-40-49-38(32-45(61-8)51(63-10)52(49)64-11)21-25-54(40,3)23-13-27-66-47(56)19-18-46(55)65-26-12-22-53(2)24-20-36-30-44(60-7)50(62-9)48(39(36)33-53)37-15-17-42(58-5)43(31-37)59-6/h14-17,28,30-32,40H,12-13,20-27,29,33H2,1-11H3/q+2. The third-order valence-electron chi connectivity index (χ3n) is 13.2. The lowest BCUT2D eigenvalue weighted by molar-refractivity contribution is -0.941. The summed E-state index contributed by atoms with van der Waals surface area (Å²) in [5.41, 5.74) is 8.69. The minimum absolute atomic E-state index is 0.00838. The van der Waals surface area contributed by atoms with Crippen LogP contribution in [0, 0.1) is 18.8 Å². The summed E-state index contributed by atoms with van der Waals surface area (Å²) in [6, 6.07) is 16.2. The zero-order valence-corrected chi connectivity index (χ0v) is 40.5. The van der Waals surface area contributed by atoms with E-state index >= 15 is 0 Å². The molecule has 2 heterocycles. The minimum Gasteiger partial charge on any atom is -0.496 e. The maximum Gasteiger partial charge on any atom is 0.384 e. The second kappa shape index (κ2) is 21.8. The van der Waals surface area contributed by atoms with E-state index in [1.54, 1.807) is 56.9 Å². The van der Waals surface area contributed by atoms with E-state index in [9.17, 15) is 9.59 Å². The highest BCUT2D eigenvalue weighted by molar-refractivity contribution is 5.98. The molecule has 3 atom stereocenters. The van der Waals surface area contributed by atoms with Crippen molar-refractivity contribution in [3.8, 4) is 69.0 Å². The Kier molecular flexibility index (Phi) is 16.2. The van der Waals surface area contributed by atoms with Crippen LogP contribution in [0.3, 0.4) is 0 Å². The van der Waals surface area contributed by atoms with Crippen LogP contribution in [0.15, 0.2) is 48.5 Å². The summed E-state index contributed by atoms with van der Waals surface area (Å²) in [6.07, 6.45) is 3.54. The molecule has 354 valence electrons. The smallest absolute Gasteiger partial charge is 0.384 e. The highest BCUT2D eigenvalue weighted by Crippen LogP contribution is 2.51. The second-order valence-electron chi connectivity index (χ2n) is 17.3. The van der Waals surface area contributed by atoms with Gasteiger partial charge in [0, 0.05) is 55.1 Å². The van der Waals surface area contributed by atoms with Crippen LogP contribution >= 0.6 is 0 Å². The summed E-state index contributed by atoms with van der Waals surface area (Å²) in [6.45, 7) is 6.28. The van der Waals surface area contributed by atoms with Gasteiger partial charge in [0.05, 0.1) is 116 Å². The van der Waals surface area contributed by atoms with Crippen LogP contribution in [-0.2, 0) is 44.9 Å². The molecule has 14 heteroatoms. The number of nitrogens with zero attached hydrogens (tertiary/aromatic N) is 2. The number of carbonyl (C=O) groups is 2. The van der Waals surface area contributed by atoms with Gasteiger partial charge in [-0.3, -0.25) is 0 Å². The highest BCUT2D eigenvalue weighted by atomic mass is 16.5. The monoisotopic (exact) mass is 910 g/mol. The summed E-state index contributed by atoms with van der Waals surface area (Å²) in [5, 5.41) is 0. The maximum absolute atomic E-state index is 12.7. The molecule has 6 rings (SSSR count). The Hall–Kier alpha value is -6.30. The number of carbonyl (C=O) groups excluding carboxylic acids is 2. The highest BCUT2D eigenvalue weighted by Gasteiger charge is 2.43. The molecule has 66 heavy (non-hydrogen) atoms. The van der Waals surface area contributed by atoms with Gasteiger partial charge in [0.1, 0.15) is 18.3 Å². The zero-order chi connectivity index (χ0) is 47.6. The lowest BCUT2D eigenvalue weighted by atomic mass is 9.85. The number of quaternary nitrogens is 2. The second-order valence-corrected chi connectivity index (χ2v) is 17.3. The molecule has 2 aliphatic rings. The van der Waals surface area contributed by atoms with Crippen molar-refractivity contribution < 1.29 is 65.9 Å². The molecular weight excluding hydrogens is 845 g/mol. The molecule has 0 amide bonds. The molecule has 0 N–H and O–H groups in total. The van der Waals surface area contributed by atoms with Gasteiger partial charge in [0.15, 0.2) is 34.5 Å². The summed E-state index contributed by atoms with van der Waals surface area (Å²) in [7, 11) is 17.5. The number of rotatable bonds is 19. The minimum atomic E-state index is -0.773. The number of aryl methyl sites for hydroxylation is 1. The molecule has 0 saturated heterocycles. The van der Waals surface area contributed by atoms with Gasteiger partial charge in [0.2, 0.25) is 5.75 Å². The van der Waals surface area contributed by atoms with E-state index in [1.165, 1.54) is 5.56 Å². The Morgan fingerprint density at radius 2 is 1.18 bits per heavy atom. The van der Waals surface area contributed by atoms with Gasteiger partial charge >= 0.3 is 11.9 Å². The quantitative estimate of drug-likeness (QED) is 0.0314. The van der Waals surface area contributed by atoms with E-state index in [1.807, 2.05) is 31.2 Å². The molecule has 0 aliphatic carbocycles. The van der Waals surface area contributed by atoms with Crippen LogP contribution in [0.5, 0.6) is 46.0 Å². The first kappa shape index (κ1) is 49.1. The molecule has 3 unspecified atom stereocenters. The molecule has 0 aromatic heterocycles. The molecule has 0 bridgehead atoms. The fourth-order valence-corrected chi connectivity index (χ4v) is 9.73. The van der Waals surface area contributed by atoms with Crippen molar-refractivity contribution in [2.24, 2.45) is 0 Å². The molecule has 0 saturated carbocycles. The Bertz CT molecular complexity index is 2460. The summed E-state index contributed by atoms with van der Waals surface area (Å²) < 4.78 is 58.3. The van der Waals surface area contributed by atoms with Crippen molar-refractivity contribution in [3.63, 3.8) is 0 Å². The maximum atomic E-state index is 12.7. The summed E-state index contributed by atoms with van der Waals surface area (Å²) in [4.78, 5) is 25.4. The van der Waals surface area contributed by atoms with Gasteiger partial charge in [0.25, 0.3) is 0 Å². The summed E-state index contributed by atoms with van der Waals surface area (Å²) >= 11 is 0. The molecule has 0 spiro atoms. The van der Waals surface area contributed by atoms with E-state index < -0.39 is 11.9 Å². The number of ether oxygens (including phenoxy) is 10. The van der Waals surface area contributed by atoms with Gasteiger partial charge in [-0.25, -0.2) is 9.59 Å². The van der Waals surface area contributed by atoms with Crippen LogP contribution < -0.4 is 37.9 Å². The average Bonchev–Trinajstić information content (AvgIpc) is 3.33. The average molecular weight is 911 g/mol. The van der Waals surface area contributed by atoms with E-state index in [0.717, 1.165) is 94.6 Å². The van der Waals surface area contributed by atoms with E-state index in [2.05, 4.69) is 50.2 Å². The molecule has 14 nitrogen and oxygen atoms in total. The van der Waals surface area contributed by atoms with Crippen LogP contribution in [0.1, 0.15) is 52.3 Å². The van der Waals surface area contributed by atoms with Gasteiger partial charge in [-0.2, -0.15) is 0 Å². The zero-order valence-electron chi connectivity index (χ0n) is 40.5. The number of methoxy groups -OCH3 is 8. The number of likely N-dealkylation sites (N-methyl/N-ethyl adjacent to an activating group) is 2. The topological polar surface area (TPSA) is 126 Å². The van der Waals surface area contributed by atoms with Gasteiger partial charge < -0.3 is 56.3 Å². The number of hydrogen-bond donors (Lipinski definition) is 0. The lowest BCUT2D eigenvalue weighted by Crippen LogP contribution is -2.52. The number of fused-ring (bicyclic) bond motifs is 2. The first-order valence-electron chi connectivity index (χ1n) is 22.3. The van der Waals surface area contributed by atoms with Crippen molar-refractivity contribution in [1.29, 1.82) is 0 Å². The van der Waals surface area contributed by atoms with Crippen molar-refractivity contribution in [3.05, 3.63) is 81.9 Å². The molecule has 4 aromatic carbocycles. The third-order valence-corrected chi connectivity index (χ3v) is 13.2. The van der Waals surface area contributed by atoms with Crippen LogP contribution in [0.25, 0.3) is 11.1 Å². The van der Waals surface area contributed by atoms with Crippen molar-refractivity contribution in [2.75, 3.05) is 110 Å². The molecule has 0 fully saturated rings. The normalized spacial score (nSPS) is 18.3.